The number of aromatic nitrogens is 1. The van der Waals surface area contributed by atoms with Gasteiger partial charge in [0, 0.05) is 12.1 Å². The van der Waals surface area contributed by atoms with Crippen LogP contribution in [0, 0.1) is 5.82 Å². The molecule has 0 aliphatic rings. The number of hydrogen-bond acceptors (Lipinski definition) is 5. The van der Waals surface area contributed by atoms with Gasteiger partial charge in [-0.2, -0.15) is 0 Å². The Hall–Kier alpha value is -2.51. The van der Waals surface area contributed by atoms with Gasteiger partial charge in [-0.25, -0.2) is 9.37 Å². The number of thiazole rings is 1. The third-order valence-corrected chi connectivity index (χ3v) is 5.19. The summed E-state index contributed by atoms with van der Waals surface area (Å²) >= 11 is 1.45. The van der Waals surface area contributed by atoms with Crippen molar-refractivity contribution in [2.45, 2.75) is 6.42 Å². The lowest BCUT2D eigenvalue weighted by Gasteiger charge is -2.21. The molecule has 0 bridgehead atoms. The van der Waals surface area contributed by atoms with Gasteiger partial charge in [-0.05, 0) is 63.5 Å². The van der Waals surface area contributed by atoms with Gasteiger partial charge in [-0.1, -0.05) is 17.4 Å². The number of amides is 1. The van der Waals surface area contributed by atoms with Gasteiger partial charge < -0.3 is 9.64 Å². The summed E-state index contributed by atoms with van der Waals surface area (Å²) in [6.45, 7) is 1.37. The molecular formula is C20H22FN3O2S. The van der Waals surface area contributed by atoms with E-state index in [4.69, 9.17) is 4.74 Å². The van der Waals surface area contributed by atoms with Crippen molar-refractivity contribution in [1.82, 2.24) is 9.88 Å². The molecule has 3 rings (SSSR count). The number of nitrogens with zero attached hydrogens (tertiary/aromatic N) is 3. The first-order valence-corrected chi connectivity index (χ1v) is 9.47. The number of benzene rings is 2. The zero-order valence-corrected chi connectivity index (χ0v) is 16.4. The van der Waals surface area contributed by atoms with Crippen LogP contribution in [0.2, 0.25) is 0 Å². The number of carbonyl (C=O) groups excluding carboxylic acids is 1. The summed E-state index contributed by atoms with van der Waals surface area (Å²) in [5.74, 6) is 0.125. The third kappa shape index (κ3) is 4.43. The van der Waals surface area contributed by atoms with Gasteiger partial charge in [0.1, 0.15) is 17.1 Å². The molecule has 0 spiro atoms. The largest absolute Gasteiger partial charge is 0.494 e. The Bertz CT molecular complexity index is 925. The molecule has 2 aromatic carbocycles. The van der Waals surface area contributed by atoms with Crippen LogP contribution in [0.1, 0.15) is 16.8 Å². The number of halogens is 1. The van der Waals surface area contributed by atoms with Crippen LogP contribution < -0.4 is 9.64 Å². The molecular weight excluding hydrogens is 365 g/mol. The Morgan fingerprint density at radius 3 is 2.56 bits per heavy atom. The van der Waals surface area contributed by atoms with Crippen LogP contribution in [-0.4, -0.2) is 50.1 Å². The van der Waals surface area contributed by atoms with Crippen molar-refractivity contribution in [3.05, 3.63) is 53.8 Å². The van der Waals surface area contributed by atoms with E-state index in [1.165, 1.54) is 35.6 Å². The predicted molar refractivity (Wildman–Crippen MR) is 107 cm³/mol. The van der Waals surface area contributed by atoms with Gasteiger partial charge in [-0.3, -0.25) is 9.69 Å². The number of para-hydroxylation sites is 1. The molecule has 0 radical (unpaired) electrons. The molecule has 0 unspecified atom stereocenters. The summed E-state index contributed by atoms with van der Waals surface area (Å²) in [4.78, 5) is 21.5. The maximum atomic E-state index is 13.2. The van der Waals surface area contributed by atoms with Gasteiger partial charge >= 0.3 is 0 Å². The van der Waals surface area contributed by atoms with E-state index in [2.05, 4.69) is 9.88 Å². The maximum Gasteiger partial charge on any atom is 0.260 e. The van der Waals surface area contributed by atoms with Crippen LogP contribution in [0.25, 0.3) is 10.2 Å². The smallest absolute Gasteiger partial charge is 0.260 e. The highest BCUT2D eigenvalue weighted by Gasteiger charge is 2.22. The fraction of sp³-hybridized carbons (Fsp3) is 0.300. The molecule has 5 nitrogen and oxygen atoms in total. The van der Waals surface area contributed by atoms with Crippen LogP contribution in [-0.2, 0) is 0 Å². The number of rotatable bonds is 7. The average Bonchev–Trinajstić information content (AvgIpc) is 3.09. The number of methoxy groups -OCH3 is 1. The second-order valence-corrected chi connectivity index (χ2v) is 7.43. The van der Waals surface area contributed by atoms with Crippen LogP contribution in [0.3, 0.4) is 0 Å². The van der Waals surface area contributed by atoms with E-state index in [0.29, 0.717) is 23.0 Å². The molecule has 0 saturated heterocycles. The Morgan fingerprint density at radius 2 is 1.89 bits per heavy atom. The highest BCUT2D eigenvalue weighted by atomic mass is 32.1. The van der Waals surface area contributed by atoms with Gasteiger partial charge in [-0.15, -0.1) is 0 Å². The van der Waals surface area contributed by atoms with Crippen LogP contribution in [0.15, 0.2) is 42.5 Å². The van der Waals surface area contributed by atoms with Gasteiger partial charge in [0.05, 0.1) is 11.8 Å². The Balaban J connectivity index is 1.96. The van der Waals surface area contributed by atoms with Crippen molar-refractivity contribution >= 4 is 32.6 Å². The van der Waals surface area contributed by atoms with E-state index in [-0.39, 0.29) is 11.7 Å². The maximum absolute atomic E-state index is 13.2. The van der Waals surface area contributed by atoms with Crippen molar-refractivity contribution in [2.75, 3.05) is 39.2 Å². The van der Waals surface area contributed by atoms with Crippen LogP contribution in [0.5, 0.6) is 5.75 Å². The Labute approximate surface area is 162 Å². The lowest BCUT2D eigenvalue weighted by molar-refractivity contribution is 0.0986. The van der Waals surface area contributed by atoms with Gasteiger partial charge in [0.15, 0.2) is 5.13 Å². The minimum absolute atomic E-state index is 0.188. The zero-order chi connectivity index (χ0) is 19.4. The first kappa shape index (κ1) is 19.3. The second kappa shape index (κ2) is 8.45. The summed E-state index contributed by atoms with van der Waals surface area (Å²) in [6.07, 6.45) is 0.799. The molecule has 1 heterocycles. The minimum atomic E-state index is -0.365. The molecule has 1 aromatic heterocycles. The number of ether oxygens (including phenoxy) is 1. The quantitative estimate of drug-likeness (QED) is 0.614. The molecule has 1 amide bonds. The van der Waals surface area contributed by atoms with Gasteiger partial charge in [0.25, 0.3) is 5.91 Å². The molecule has 0 aliphatic carbocycles. The van der Waals surface area contributed by atoms with E-state index < -0.39 is 0 Å². The lowest BCUT2D eigenvalue weighted by Crippen LogP contribution is -2.33. The summed E-state index contributed by atoms with van der Waals surface area (Å²) < 4.78 is 19.6. The Morgan fingerprint density at radius 1 is 1.15 bits per heavy atom. The Kier molecular flexibility index (Phi) is 6.03. The normalized spacial score (nSPS) is 11.1. The van der Waals surface area contributed by atoms with Crippen molar-refractivity contribution in [1.29, 1.82) is 0 Å². The van der Waals surface area contributed by atoms with Crippen molar-refractivity contribution in [3.63, 3.8) is 0 Å². The lowest BCUT2D eigenvalue weighted by atomic mass is 10.2. The van der Waals surface area contributed by atoms with Crippen LogP contribution in [0.4, 0.5) is 9.52 Å². The van der Waals surface area contributed by atoms with E-state index >= 15 is 0 Å². The van der Waals surface area contributed by atoms with Crippen molar-refractivity contribution in [2.24, 2.45) is 0 Å². The third-order valence-electron chi connectivity index (χ3n) is 4.14. The molecule has 0 atom stereocenters. The van der Waals surface area contributed by atoms with Crippen molar-refractivity contribution < 1.29 is 13.9 Å². The number of anilines is 1. The molecule has 0 aliphatic heterocycles. The van der Waals surface area contributed by atoms with E-state index in [9.17, 15) is 9.18 Å². The fourth-order valence-electron chi connectivity index (χ4n) is 2.77. The first-order chi connectivity index (χ1) is 13.0. The standard InChI is InChI=1S/C20H22FN3O2S/c1-23(2)12-5-13-24(19(25)14-8-10-15(21)11-9-14)20-22-18-16(26-3)6-4-7-17(18)27-20/h4,6-11H,5,12-13H2,1-3H3. The predicted octanol–water partition coefficient (Wildman–Crippen LogP) is 4.04. The average molecular weight is 387 g/mol. The molecule has 3 aromatic rings. The monoisotopic (exact) mass is 387 g/mol. The molecule has 0 saturated carbocycles. The summed E-state index contributed by atoms with van der Waals surface area (Å²) in [6, 6.07) is 11.3. The number of fused-ring (bicyclic) bond motifs is 1. The van der Waals surface area contributed by atoms with Gasteiger partial charge in [0.2, 0.25) is 0 Å². The SMILES string of the molecule is COc1cccc2sc(N(CCCN(C)C)C(=O)c3ccc(F)cc3)nc12. The number of carbonyl (C=O) groups is 1. The second-order valence-electron chi connectivity index (χ2n) is 6.42. The van der Waals surface area contributed by atoms with E-state index in [1.54, 1.807) is 12.0 Å². The summed E-state index contributed by atoms with van der Waals surface area (Å²) in [7, 11) is 5.59. The number of hydrogen-bond donors (Lipinski definition) is 0. The molecule has 0 fully saturated rings. The van der Waals surface area contributed by atoms with Crippen molar-refractivity contribution in [3.8, 4) is 5.75 Å². The summed E-state index contributed by atoms with van der Waals surface area (Å²) in [5.41, 5.74) is 1.18. The van der Waals surface area contributed by atoms with Crippen LogP contribution >= 0.6 is 11.3 Å². The van der Waals surface area contributed by atoms with E-state index in [0.717, 1.165) is 23.2 Å². The molecule has 27 heavy (non-hydrogen) atoms. The summed E-state index contributed by atoms with van der Waals surface area (Å²) in [5, 5.41) is 0.614. The zero-order valence-electron chi connectivity index (χ0n) is 15.6. The minimum Gasteiger partial charge on any atom is -0.494 e. The van der Waals surface area contributed by atoms with E-state index in [1.807, 2.05) is 32.3 Å². The first-order valence-electron chi connectivity index (χ1n) is 8.65. The molecule has 7 heteroatoms. The fourth-order valence-corrected chi connectivity index (χ4v) is 3.78. The molecule has 142 valence electrons. The molecule has 0 N–H and O–H groups in total. The highest BCUT2D eigenvalue weighted by molar-refractivity contribution is 7.22. The topological polar surface area (TPSA) is 45.7 Å². The highest BCUT2D eigenvalue weighted by Crippen LogP contribution is 2.34.